The average Bonchev–Trinajstić information content (AvgIpc) is 2.88. The number of hydrogen-bond acceptors (Lipinski definition) is 4. The van der Waals surface area contributed by atoms with Gasteiger partial charge in [-0.3, -0.25) is 0 Å². The van der Waals surface area contributed by atoms with E-state index in [0.717, 1.165) is 11.3 Å². The monoisotopic (exact) mass is 414 g/mol. The van der Waals surface area contributed by atoms with E-state index in [0.29, 0.717) is 23.3 Å². The van der Waals surface area contributed by atoms with Crippen molar-refractivity contribution in [1.82, 2.24) is 9.21 Å². The molecule has 0 unspecified atom stereocenters. The topological polar surface area (TPSA) is 53.8 Å². The van der Waals surface area contributed by atoms with Crippen molar-refractivity contribution >= 4 is 26.0 Å². The standard InChI is InChI=1S/C17H23BrN2O3S/c1-13-5-8-17(16(18)11-13)24(21,22)20(10-9-19(3)4)12-15-7-6-14(2)23-15/h5-8,11H,9-10,12H2,1-4H3. The number of sulfonamides is 1. The lowest BCUT2D eigenvalue weighted by atomic mass is 10.2. The second kappa shape index (κ2) is 7.82. The number of nitrogens with zero attached hydrogens (tertiary/aromatic N) is 2. The quantitative estimate of drug-likeness (QED) is 0.696. The zero-order chi connectivity index (χ0) is 17.9. The molecule has 0 amide bonds. The van der Waals surface area contributed by atoms with E-state index in [2.05, 4.69) is 15.9 Å². The molecule has 7 heteroatoms. The van der Waals surface area contributed by atoms with Gasteiger partial charge in [0.25, 0.3) is 0 Å². The van der Waals surface area contributed by atoms with E-state index in [-0.39, 0.29) is 11.4 Å². The van der Waals surface area contributed by atoms with Crippen molar-refractivity contribution < 1.29 is 12.8 Å². The summed E-state index contributed by atoms with van der Waals surface area (Å²) in [6, 6.07) is 8.92. The zero-order valence-electron chi connectivity index (χ0n) is 14.4. The number of furan rings is 1. The highest BCUT2D eigenvalue weighted by atomic mass is 79.9. The number of aryl methyl sites for hydroxylation is 2. The summed E-state index contributed by atoms with van der Waals surface area (Å²) >= 11 is 3.38. The third kappa shape index (κ3) is 4.69. The smallest absolute Gasteiger partial charge is 0.244 e. The molecule has 0 aliphatic rings. The minimum Gasteiger partial charge on any atom is -0.465 e. The molecule has 0 aliphatic carbocycles. The van der Waals surface area contributed by atoms with Crippen molar-refractivity contribution in [2.24, 2.45) is 0 Å². The molecule has 24 heavy (non-hydrogen) atoms. The van der Waals surface area contributed by atoms with E-state index in [1.54, 1.807) is 12.1 Å². The van der Waals surface area contributed by atoms with E-state index in [9.17, 15) is 8.42 Å². The fourth-order valence-electron chi connectivity index (χ4n) is 2.29. The van der Waals surface area contributed by atoms with E-state index >= 15 is 0 Å². The van der Waals surface area contributed by atoms with Gasteiger partial charge in [0, 0.05) is 17.6 Å². The first kappa shape index (κ1) is 19.2. The van der Waals surface area contributed by atoms with Crippen molar-refractivity contribution in [3.63, 3.8) is 0 Å². The summed E-state index contributed by atoms with van der Waals surface area (Å²) in [6.45, 7) is 5.00. The van der Waals surface area contributed by atoms with Gasteiger partial charge >= 0.3 is 0 Å². The van der Waals surface area contributed by atoms with Crippen molar-refractivity contribution in [3.8, 4) is 0 Å². The van der Waals surface area contributed by atoms with Crippen LogP contribution in [0.4, 0.5) is 0 Å². The molecule has 2 rings (SSSR count). The highest BCUT2D eigenvalue weighted by Crippen LogP contribution is 2.27. The predicted molar refractivity (Wildman–Crippen MR) is 98.5 cm³/mol. The van der Waals surface area contributed by atoms with Crippen LogP contribution in [0, 0.1) is 13.8 Å². The van der Waals surface area contributed by atoms with Crippen LogP contribution in [0.1, 0.15) is 17.1 Å². The summed E-state index contributed by atoms with van der Waals surface area (Å²) in [5, 5.41) is 0. The Labute approximate surface area is 152 Å². The second-order valence-electron chi connectivity index (χ2n) is 6.09. The number of rotatable bonds is 7. The first-order chi connectivity index (χ1) is 11.2. The second-order valence-corrected chi connectivity index (χ2v) is 8.85. The van der Waals surface area contributed by atoms with Crippen molar-refractivity contribution in [1.29, 1.82) is 0 Å². The lowest BCUT2D eigenvalue weighted by Gasteiger charge is -2.23. The first-order valence-corrected chi connectivity index (χ1v) is 9.90. The molecular weight excluding hydrogens is 392 g/mol. The number of benzene rings is 1. The predicted octanol–water partition coefficient (Wildman–Crippen LogP) is 3.41. The highest BCUT2D eigenvalue weighted by Gasteiger charge is 2.27. The SMILES string of the molecule is Cc1ccc(S(=O)(=O)N(CCN(C)C)Cc2ccc(C)o2)c(Br)c1. The van der Waals surface area contributed by atoms with Gasteiger partial charge in [0.2, 0.25) is 10.0 Å². The molecule has 0 atom stereocenters. The molecule has 0 N–H and O–H groups in total. The van der Waals surface area contributed by atoms with Crippen LogP contribution in [0.3, 0.4) is 0 Å². The van der Waals surface area contributed by atoms with Gasteiger partial charge in [-0.25, -0.2) is 8.42 Å². The number of hydrogen-bond donors (Lipinski definition) is 0. The van der Waals surface area contributed by atoms with Gasteiger partial charge in [0.15, 0.2) is 0 Å². The molecule has 0 bridgehead atoms. The minimum atomic E-state index is -3.63. The molecule has 1 heterocycles. The fourth-order valence-corrected chi connectivity index (χ4v) is 4.84. The molecule has 0 spiro atoms. The fraction of sp³-hybridized carbons (Fsp3) is 0.412. The molecule has 1 aromatic carbocycles. The van der Waals surface area contributed by atoms with Crippen molar-refractivity contribution in [3.05, 3.63) is 51.9 Å². The van der Waals surface area contributed by atoms with Crippen LogP contribution >= 0.6 is 15.9 Å². The van der Waals surface area contributed by atoms with Crippen LogP contribution in [0.25, 0.3) is 0 Å². The van der Waals surface area contributed by atoms with Crippen LogP contribution in [0.5, 0.6) is 0 Å². The Hall–Kier alpha value is -1.15. The molecule has 132 valence electrons. The Kier molecular flexibility index (Phi) is 6.25. The summed E-state index contributed by atoms with van der Waals surface area (Å²) in [5.41, 5.74) is 1.00. The molecule has 2 aromatic rings. The lowest BCUT2D eigenvalue weighted by molar-refractivity contribution is 0.310. The maximum absolute atomic E-state index is 13.1. The van der Waals surface area contributed by atoms with Gasteiger partial charge in [0.1, 0.15) is 11.5 Å². The van der Waals surface area contributed by atoms with E-state index < -0.39 is 10.0 Å². The molecule has 0 aliphatic heterocycles. The Morgan fingerprint density at radius 3 is 2.33 bits per heavy atom. The average molecular weight is 415 g/mol. The summed E-state index contributed by atoms with van der Waals surface area (Å²) < 4.78 is 33.9. The summed E-state index contributed by atoms with van der Waals surface area (Å²) in [4.78, 5) is 2.23. The van der Waals surface area contributed by atoms with Crippen LogP contribution in [0.2, 0.25) is 0 Å². The molecule has 1 aromatic heterocycles. The van der Waals surface area contributed by atoms with Gasteiger partial charge in [-0.1, -0.05) is 6.07 Å². The van der Waals surface area contributed by atoms with Gasteiger partial charge in [0.05, 0.1) is 11.4 Å². The molecule has 5 nitrogen and oxygen atoms in total. The van der Waals surface area contributed by atoms with Gasteiger partial charge in [-0.2, -0.15) is 4.31 Å². The van der Waals surface area contributed by atoms with Crippen molar-refractivity contribution in [2.75, 3.05) is 27.2 Å². The van der Waals surface area contributed by atoms with E-state index in [4.69, 9.17) is 4.42 Å². The van der Waals surface area contributed by atoms with Crippen LogP contribution in [-0.4, -0.2) is 44.8 Å². The van der Waals surface area contributed by atoms with E-state index in [1.165, 1.54) is 4.31 Å². The zero-order valence-corrected chi connectivity index (χ0v) is 16.8. The molecule has 0 saturated heterocycles. The van der Waals surface area contributed by atoms with Crippen LogP contribution < -0.4 is 0 Å². The minimum absolute atomic E-state index is 0.213. The van der Waals surface area contributed by atoms with Crippen molar-refractivity contribution in [2.45, 2.75) is 25.3 Å². The Balaban J connectivity index is 2.36. The van der Waals surface area contributed by atoms with E-state index in [1.807, 2.05) is 51.0 Å². The summed E-state index contributed by atoms with van der Waals surface area (Å²) in [7, 11) is 0.207. The highest BCUT2D eigenvalue weighted by molar-refractivity contribution is 9.10. The third-order valence-electron chi connectivity index (χ3n) is 3.63. The van der Waals surface area contributed by atoms with Crippen LogP contribution in [0.15, 0.2) is 44.1 Å². The van der Waals surface area contributed by atoms with Crippen LogP contribution in [-0.2, 0) is 16.6 Å². The maximum atomic E-state index is 13.1. The first-order valence-electron chi connectivity index (χ1n) is 7.66. The maximum Gasteiger partial charge on any atom is 0.244 e. The number of likely N-dealkylation sites (N-methyl/N-ethyl adjacent to an activating group) is 1. The normalized spacial score (nSPS) is 12.3. The Bertz CT molecular complexity index is 800. The molecule has 0 radical (unpaired) electrons. The Morgan fingerprint density at radius 1 is 1.08 bits per heavy atom. The van der Waals surface area contributed by atoms with Gasteiger partial charge in [-0.05, 0) is 73.7 Å². The molecule has 0 fully saturated rings. The molecular formula is C17H23BrN2O3S. The largest absolute Gasteiger partial charge is 0.465 e. The summed E-state index contributed by atoms with van der Waals surface area (Å²) in [5.74, 6) is 1.41. The number of halogens is 1. The van der Waals surface area contributed by atoms with Gasteiger partial charge in [-0.15, -0.1) is 0 Å². The third-order valence-corrected chi connectivity index (χ3v) is 6.45. The summed E-state index contributed by atoms with van der Waals surface area (Å²) in [6.07, 6.45) is 0. The Morgan fingerprint density at radius 2 is 1.79 bits per heavy atom. The lowest BCUT2D eigenvalue weighted by Crippen LogP contribution is -2.36. The van der Waals surface area contributed by atoms with Gasteiger partial charge < -0.3 is 9.32 Å². The molecule has 0 saturated carbocycles.